The first-order valence-corrected chi connectivity index (χ1v) is 9.86. The third-order valence-electron chi connectivity index (χ3n) is 4.47. The molecule has 2 aromatic heterocycles. The van der Waals surface area contributed by atoms with Crippen LogP contribution in [0.2, 0.25) is 0 Å². The Hall–Kier alpha value is -2.13. The molecule has 1 saturated heterocycles. The van der Waals surface area contributed by atoms with Crippen LogP contribution in [0.15, 0.2) is 23.2 Å². The molecular formula is C16H24N6O2S. The summed E-state index contributed by atoms with van der Waals surface area (Å²) in [5.41, 5.74) is 1.41. The minimum absolute atomic E-state index is 0.187. The second kappa shape index (κ2) is 7.01. The molecule has 0 saturated carbocycles. The van der Waals surface area contributed by atoms with Crippen molar-refractivity contribution in [3.63, 3.8) is 0 Å². The summed E-state index contributed by atoms with van der Waals surface area (Å²) in [5, 5.41) is 6.64. The van der Waals surface area contributed by atoms with Crippen LogP contribution in [0.3, 0.4) is 0 Å². The Morgan fingerprint density at radius 2 is 1.92 bits per heavy atom. The molecule has 2 aromatic rings. The maximum atomic E-state index is 12.5. The number of sulfonamides is 1. The molecule has 0 unspecified atom stereocenters. The zero-order valence-corrected chi connectivity index (χ0v) is 15.6. The first-order chi connectivity index (χ1) is 11.9. The highest BCUT2D eigenvalue weighted by Crippen LogP contribution is 2.22. The maximum Gasteiger partial charge on any atom is 0.265 e. The summed E-state index contributed by atoms with van der Waals surface area (Å²) >= 11 is 0. The smallest absolute Gasteiger partial charge is 0.265 e. The van der Waals surface area contributed by atoms with E-state index in [4.69, 9.17) is 0 Å². The lowest BCUT2D eigenvalue weighted by molar-refractivity contribution is 0.270. The van der Waals surface area contributed by atoms with Crippen LogP contribution in [0.5, 0.6) is 0 Å². The highest BCUT2D eigenvalue weighted by Gasteiger charge is 2.23. The van der Waals surface area contributed by atoms with Crippen LogP contribution in [-0.4, -0.2) is 61.2 Å². The summed E-state index contributed by atoms with van der Waals surface area (Å²) in [6.45, 7) is 10.5. The number of piperazine rings is 1. The first-order valence-electron chi connectivity index (χ1n) is 8.38. The zero-order chi connectivity index (χ0) is 18.0. The van der Waals surface area contributed by atoms with Gasteiger partial charge in [0.25, 0.3) is 10.0 Å². The van der Waals surface area contributed by atoms with E-state index in [2.05, 4.69) is 36.6 Å². The quantitative estimate of drug-likeness (QED) is 0.832. The number of H-pyrrole nitrogens is 1. The second-order valence-corrected chi connectivity index (χ2v) is 7.81. The molecule has 1 aliphatic rings. The number of aromatic amines is 1. The van der Waals surface area contributed by atoms with Crippen molar-refractivity contribution in [3.05, 3.63) is 29.7 Å². The van der Waals surface area contributed by atoms with E-state index in [9.17, 15) is 8.42 Å². The number of nitrogens with one attached hydrogen (secondary N) is 2. The zero-order valence-electron chi connectivity index (χ0n) is 14.8. The lowest BCUT2D eigenvalue weighted by Gasteiger charge is -2.34. The molecule has 3 rings (SSSR count). The molecule has 136 valence electrons. The molecule has 0 bridgehead atoms. The monoisotopic (exact) mass is 364 g/mol. The number of anilines is 2. The van der Waals surface area contributed by atoms with Gasteiger partial charge in [-0.1, -0.05) is 6.92 Å². The van der Waals surface area contributed by atoms with E-state index in [1.807, 2.05) is 6.07 Å². The van der Waals surface area contributed by atoms with Gasteiger partial charge in [0.2, 0.25) is 0 Å². The normalized spacial score (nSPS) is 16.2. The van der Waals surface area contributed by atoms with Gasteiger partial charge in [0.15, 0.2) is 0 Å². The average Bonchev–Trinajstić information content (AvgIpc) is 2.95. The van der Waals surface area contributed by atoms with Gasteiger partial charge in [0.1, 0.15) is 10.7 Å². The summed E-state index contributed by atoms with van der Waals surface area (Å²) in [7, 11) is -3.68. The molecule has 8 nitrogen and oxygen atoms in total. The number of aromatic nitrogens is 3. The van der Waals surface area contributed by atoms with E-state index in [-0.39, 0.29) is 4.90 Å². The van der Waals surface area contributed by atoms with Crippen LogP contribution in [0.4, 0.5) is 11.5 Å². The third-order valence-corrected chi connectivity index (χ3v) is 6.12. The standard InChI is InChI=1S/C16H24N6O2S/c1-4-21-7-9-22(10-8-21)15-6-5-14(11-17-15)20-25(23,24)16-12(2)18-19-13(16)3/h5-6,11,20H,4,7-10H2,1-3H3,(H,18,19). The van der Waals surface area contributed by atoms with Crippen molar-refractivity contribution in [1.82, 2.24) is 20.1 Å². The van der Waals surface area contributed by atoms with Gasteiger partial charge in [-0.05, 0) is 32.5 Å². The number of hydrogen-bond acceptors (Lipinski definition) is 6. The fraction of sp³-hybridized carbons (Fsp3) is 0.500. The van der Waals surface area contributed by atoms with E-state index in [0.29, 0.717) is 17.1 Å². The second-order valence-electron chi connectivity index (χ2n) is 6.20. The summed E-state index contributed by atoms with van der Waals surface area (Å²) in [6.07, 6.45) is 1.56. The number of likely N-dealkylation sites (N-methyl/N-ethyl adjacent to an activating group) is 1. The van der Waals surface area contributed by atoms with Crippen LogP contribution in [0, 0.1) is 13.8 Å². The van der Waals surface area contributed by atoms with E-state index >= 15 is 0 Å². The van der Waals surface area contributed by atoms with Gasteiger partial charge in [-0.3, -0.25) is 9.82 Å². The van der Waals surface area contributed by atoms with E-state index in [1.165, 1.54) is 0 Å². The van der Waals surface area contributed by atoms with Crippen molar-refractivity contribution >= 4 is 21.5 Å². The largest absolute Gasteiger partial charge is 0.354 e. The van der Waals surface area contributed by atoms with Crippen LogP contribution in [-0.2, 0) is 10.0 Å². The van der Waals surface area contributed by atoms with Crippen molar-refractivity contribution in [2.75, 3.05) is 42.3 Å². The highest BCUT2D eigenvalue weighted by atomic mass is 32.2. The minimum atomic E-state index is -3.68. The number of hydrogen-bond donors (Lipinski definition) is 2. The van der Waals surface area contributed by atoms with Crippen LogP contribution < -0.4 is 9.62 Å². The summed E-state index contributed by atoms with van der Waals surface area (Å²) in [6, 6.07) is 3.60. The predicted molar refractivity (Wildman–Crippen MR) is 97.4 cm³/mol. The van der Waals surface area contributed by atoms with Gasteiger partial charge >= 0.3 is 0 Å². The molecule has 0 aliphatic carbocycles. The summed E-state index contributed by atoms with van der Waals surface area (Å²) in [5.74, 6) is 0.870. The van der Waals surface area contributed by atoms with E-state index < -0.39 is 10.0 Å². The van der Waals surface area contributed by atoms with Gasteiger partial charge < -0.3 is 9.80 Å². The molecule has 2 N–H and O–H groups in total. The molecule has 25 heavy (non-hydrogen) atoms. The molecule has 0 spiro atoms. The van der Waals surface area contributed by atoms with Crippen LogP contribution in [0.1, 0.15) is 18.3 Å². The SMILES string of the molecule is CCN1CCN(c2ccc(NS(=O)(=O)c3c(C)n[nH]c3C)cn2)CC1. The Morgan fingerprint density at radius 3 is 2.44 bits per heavy atom. The lowest BCUT2D eigenvalue weighted by Crippen LogP contribution is -2.46. The van der Waals surface area contributed by atoms with Gasteiger partial charge in [-0.2, -0.15) is 5.10 Å². The van der Waals surface area contributed by atoms with Crippen LogP contribution >= 0.6 is 0 Å². The molecule has 9 heteroatoms. The summed E-state index contributed by atoms with van der Waals surface area (Å²) < 4.78 is 27.7. The van der Waals surface area contributed by atoms with E-state index in [1.54, 1.807) is 26.1 Å². The lowest BCUT2D eigenvalue weighted by atomic mass is 10.3. The fourth-order valence-electron chi connectivity index (χ4n) is 3.07. The molecule has 0 aromatic carbocycles. The first kappa shape index (κ1) is 17.7. The Balaban J connectivity index is 1.71. The topological polar surface area (TPSA) is 94.2 Å². The fourth-order valence-corrected chi connectivity index (χ4v) is 4.49. The molecule has 1 fully saturated rings. The van der Waals surface area contributed by atoms with Crippen molar-refractivity contribution in [2.45, 2.75) is 25.7 Å². The third kappa shape index (κ3) is 3.77. The molecule has 0 amide bonds. The summed E-state index contributed by atoms with van der Waals surface area (Å²) in [4.78, 5) is 9.22. The Bertz CT molecular complexity index is 803. The number of rotatable bonds is 5. The Kier molecular flexibility index (Phi) is 4.96. The Labute approximate surface area is 148 Å². The highest BCUT2D eigenvalue weighted by molar-refractivity contribution is 7.92. The average molecular weight is 364 g/mol. The molecule has 1 aliphatic heterocycles. The van der Waals surface area contributed by atoms with Crippen molar-refractivity contribution in [1.29, 1.82) is 0 Å². The minimum Gasteiger partial charge on any atom is -0.354 e. The van der Waals surface area contributed by atoms with Crippen molar-refractivity contribution < 1.29 is 8.42 Å². The van der Waals surface area contributed by atoms with Gasteiger partial charge in [0.05, 0.1) is 23.3 Å². The molecule has 0 radical (unpaired) electrons. The van der Waals surface area contributed by atoms with Gasteiger partial charge in [-0.15, -0.1) is 0 Å². The maximum absolute atomic E-state index is 12.5. The van der Waals surface area contributed by atoms with Crippen molar-refractivity contribution in [2.24, 2.45) is 0 Å². The molecule has 0 atom stereocenters. The number of aryl methyl sites for hydroxylation is 2. The van der Waals surface area contributed by atoms with Gasteiger partial charge in [-0.25, -0.2) is 13.4 Å². The van der Waals surface area contributed by atoms with Gasteiger partial charge in [0, 0.05) is 26.2 Å². The molecule has 3 heterocycles. The molecular weight excluding hydrogens is 340 g/mol. The van der Waals surface area contributed by atoms with E-state index in [0.717, 1.165) is 38.5 Å². The number of nitrogens with zero attached hydrogens (tertiary/aromatic N) is 4. The van der Waals surface area contributed by atoms with Crippen molar-refractivity contribution in [3.8, 4) is 0 Å². The van der Waals surface area contributed by atoms with Crippen LogP contribution in [0.25, 0.3) is 0 Å². The number of pyridine rings is 1. The predicted octanol–water partition coefficient (Wildman–Crippen LogP) is 1.36. The Morgan fingerprint density at radius 1 is 1.20 bits per heavy atom.